The molecule has 19 atom stereocenters. The largest absolute Gasteiger partial charge is 0.396 e. The number of aliphatic hydroxyl groups is 6. The Bertz CT molecular complexity index is 2800. The Hall–Kier alpha value is -2.25. The van der Waals surface area contributed by atoms with Gasteiger partial charge in [0.05, 0.1) is 36.8 Å². The number of guanidine groups is 1. The lowest BCUT2D eigenvalue weighted by molar-refractivity contribution is -0.215. The van der Waals surface area contributed by atoms with Crippen molar-refractivity contribution in [2.24, 2.45) is 103 Å². The molecule has 10 fully saturated rings. The molecule has 14 nitrogen and oxygen atoms in total. The fourth-order valence-electron chi connectivity index (χ4n) is 25.2. The van der Waals surface area contributed by atoms with Gasteiger partial charge in [-0.3, -0.25) is 9.79 Å². The minimum atomic E-state index is -1.70. The number of imidazole rings is 1. The van der Waals surface area contributed by atoms with E-state index in [-0.39, 0.29) is 95.0 Å². The van der Waals surface area contributed by atoms with Crippen LogP contribution in [0, 0.1) is 92.2 Å². The van der Waals surface area contributed by atoms with E-state index < -0.39 is 63.5 Å². The van der Waals surface area contributed by atoms with Crippen LogP contribution in [-0.2, 0) is 4.79 Å². The van der Waals surface area contributed by atoms with Crippen molar-refractivity contribution in [2.45, 2.75) is 222 Å². The fraction of sp³-hybridized carbons (Fsp3) is 0.841. The summed E-state index contributed by atoms with van der Waals surface area (Å²) < 4.78 is 1.90. The van der Waals surface area contributed by atoms with Gasteiger partial charge in [-0.25, -0.2) is 4.98 Å². The minimum Gasteiger partial charge on any atom is -0.396 e. The third-order valence-corrected chi connectivity index (χ3v) is 31.2. The number of carbonyl (C=O) groups excluding carboxylic acids is 1. The number of hydrogen-bond donors (Lipinski definition) is 10. The smallest absolute Gasteiger partial charge is 0.190 e. The molecule has 11 aliphatic carbocycles. The molecule has 85 heavy (non-hydrogen) atoms. The lowest BCUT2D eigenvalue weighted by atomic mass is 9.37. The summed E-state index contributed by atoms with van der Waals surface area (Å²) in [5.41, 5.74) is 10.0. The van der Waals surface area contributed by atoms with Crippen LogP contribution in [0.2, 0.25) is 0 Å². The third-order valence-electron chi connectivity index (χ3n) is 27.7. The van der Waals surface area contributed by atoms with Crippen LogP contribution in [0.4, 0.5) is 0 Å². The average Bonchev–Trinajstić information content (AvgIpc) is 1.58. The minimum absolute atomic E-state index is 0.0209. The van der Waals surface area contributed by atoms with E-state index >= 15 is 9.90 Å². The number of fused-ring (bicyclic) bond motifs is 16. The van der Waals surface area contributed by atoms with Gasteiger partial charge in [-0.15, -0.1) is 0 Å². The number of ketones is 1. The molecule has 470 valence electrons. The van der Waals surface area contributed by atoms with Crippen molar-refractivity contribution in [3.05, 3.63) is 52.7 Å². The number of nitrogens with zero attached hydrogens (tertiary/aromatic N) is 3. The van der Waals surface area contributed by atoms with Crippen molar-refractivity contribution in [3.63, 3.8) is 0 Å². The first-order chi connectivity index (χ1) is 40.9. The van der Waals surface area contributed by atoms with Gasteiger partial charge in [-0.1, -0.05) is 96.3 Å². The number of rotatable bonds is 8. The van der Waals surface area contributed by atoms with Crippen LogP contribution in [0.5, 0.6) is 0 Å². The van der Waals surface area contributed by atoms with E-state index in [1.54, 1.807) is 23.6 Å². The fourth-order valence-corrected chi connectivity index (χ4v) is 29.4. The Kier molecular flexibility index (Phi) is 16.0. The highest BCUT2D eigenvalue weighted by molar-refractivity contribution is 8.77. The second-order valence-electron chi connectivity index (χ2n) is 31.5. The molecular formula is C69H105N7O7S2. The molecule has 3 spiro atoms. The van der Waals surface area contributed by atoms with E-state index in [1.807, 2.05) is 36.4 Å². The molecule has 13 aliphatic rings. The van der Waals surface area contributed by atoms with Crippen molar-refractivity contribution in [2.75, 3.05) is 45.6 Å². The molecule has 2 saturated heterocycles. The number of carbonyl (C=O) groups is 1. The second-order valence-corrected chi connectivity index (χ2v) is 34.2. The predicted octanol–water partition coefficient (Wildman–Crippen LogP) is 9.17. The van der Waals surface area contributed by atoms with E-state index in [4.69, 9.17) is 15.7 Å². The van der Waals surface area contributed by atoms with Crippen LogP contribution in [0.25, 0.3) is 0 Å². The zero-order valence-electron chi connectivity index (χ0n) is 51.8. The maximum atomic E-state index is 16.4. The summed E-state index contributed by atoms with van der Waals surface area (Å²) in [4.78, 5) is 26.3. The molecule has 16 heteroatoms. The SMILES string of the molecule is CNCC1C(O)C(O)CC2(C3CCCCC3)C3C(=CC(=O)C12)C1(O)C2CC(C4CC5CCCC6=C5C(C(=C5CCCC7(CCCC7)C65)C(C)(C)CC(n5ccnc5)CSSC25CCCC52CCNCC2)C4O)C1(CO)CC3CN=C(N)NC(C)O. The van der Waals surface area contributed by atoms with Gasteiger partial charge >= 0.3 is 0 Å². The number of nitrogens with two attached hydrogens (primary N) is 1. The summed E-state index contributed by atoms with van der Waals surface area (Å²) in [5, 5.41) is 89.8. The van der Waals surface area contributed by atoms with Gasteiger partial charge in [0.15, 0.2) is 11.7 Å². The molecule has 0 amide bonds. The van der Waals surface area contributed by atoms with Gasteiger partial charge in [-0.05, 0) is 218 Å². The molecule has 4 bridgehead atoms. The number of hydrogen-bond acceptors (Lipinski definition) is 13. The Morgan fingerprint density at radius 1 is 0.906 bits per heavy atom. The molecule has 0 aromatic carbocycles. The van der Waals surface area contributed by atoms with Gasteiger partial charge in [0.2, 0.25) is 0 Å². The number of piperidine rings is 1. The van der Waals surface area contributed by atoms with Crippen LogP contribution in [-0.4, -0.2) is 132 Å². The quantitative estimate of drug-likeness (QED) is 0.0385. The van der Waals surface area contributed by atoms with E-state index in [9.17, 15) is 25.5 Å². The van der Waals surface area contributed by atoms with E-state index in [0.717, 1.165) is 127 Å². The zero-order chi connectivity index (χ0) is 59.1. The zero-order valence-corrected chi connectivity index (χ0v) is 53.4. The van der Waals surface area contributed by atoms with Crippen molar-refractivity contribution in [1.82, 2.24) is 25.5 Å². The monoisotopic (exact) mass is 1210 g/mol. The number of allylic oxidation sites excluding steroid dienone is 3. The molecular weight excluding hydrogens is 1100 g/mol. The number of aromatic nitrogens is 2. The standard InChI is InChI=1S/C69H105N7O7S2/c1-40(78)75-62(70)74-35-42-32-66(38-77)49-31-53(69(66,83)50-30-51(79)58-48(36-71-4)60(81)52(80)34-67(58,56(42)50)43-14-6-5-7-15-43)68(22-12-21-65(68)23-25-72-26-24-65)85-84-37-44(76-28-27-73-39-76)33-63(2,3)59-46-17-11-20-64(18-8-9-19-64)57(46)45-16-10-13-41-29-47(49)61(82)55(59)54(41)45/h27-28,30,39-44,47-49,52-53,55-58,60-61,71-72,77-78,80-83H,5-26,29,31-38H2,1-4H3,(H3,70,74,75). The average molecular weight is 1210 g/mol. The molecule has 1 aromatic heterocycles. The Balaban J connectivity index is 1.03. The summed E-state index contributed by atoms with van der Waals surface area (Å²) in [6, 6.07) is 0.113. The number of aliphatic hydroxyl groups excluding tert-OH is 5. The van der Waals surface area contributed by atoms with Gasteiger partial charge in [0.25, 0.3) is 0 Å². The van der Waals surface area contributed by atoms with Gasteiger partial charge in [0.1, 0.15) is 6.23 Å². The predicted molar refractivity (Wildman–Crippen MR) is 337 cm³/mol. The van der Waals surface area contributed by atoms with Gasteiger partial charge in [0, 0.05) is 77.0 Å². The number of nitrogens with one attached hydrogen (secondary N) is 3. The molecule has 8 saturated carbocycles. The Labute approximate surface area is 514 Å². The lowest BCUT2D eigenvalue weighted by Gasteiger charge is -2.68. The van der Waals surface area contributed by atoms with E-state index in [0.29, 0.717) is 25.3 Å². The highest BCUT2D eigenvalue weighted by Crippen LogP contribution is 2.80. The highest BCUT2D eigenvalue weighted by atomic mass is 33.1. The molecule has 11 N–H and O–H groups in total. The molecule has 1 aromatic rings. The van der Waals surface area contributed by atoms with Crippen molar-refractivity contribution in [1.29, 1.82) is 0 Å². The van der Waals surface area contributed by atoms with Crippen LogP contribution < -0.4 is 21.7 Å². The summed E-state index contributed by atoms with van der Waals surface area (Å²) in [5.74, 6) is -1.48. The first-order valence-corrected chi connectivity index (χ1v) is 36.7. The van der Waals surface area contributed by atoms with Gasteiger partial charge < -0.3 is 56.9 Å². The molecule has 19 unspecified atom stereocenters. The van der Waals surface area contributed by atoms with Crippen molar-refractivity contribution < 1.29 is 35.4 Å². The molecule has 2 aliphatic heterocycles. The number of aliphatic imine (C=N–C) groups is 1. The summed E-state index contributed by atoms with van der Waals surface area (Å²) in [6.07, 6.45) is 29.0. The second kappa shape index (κ2) is 22.5. The Morgan fingerprint density at radius 3 is 2.40 bits per heavy atom. The van der Waals surface area contributed by atoms with E-state index in [1.165, 1.54) is 44.1 Å². The maximum Gasteiger partial charge on any atom is 0.190 e. The van der Waals surface area contributed by atoms with Crippen molar-refractivity contribution in [3.8, 4) is 0 Å². The lowest BCUT2D eigenvalue weighted by Crippen LogP contribution is -2.72. The van der Waals surface area contributed by atoms with Crippen LogP contribution >= 0.6 is 21.6 Å². The van der Waals surface area contributed by atoms with Crippen LogP contribution in [0.3, 0.4) is 0 Å². The first-order valence-electron chi connectivity index (χ1n) is 34.4. The van der Waals surface area contributed by atoms with Crippen LogP contribution in [0.15, 0.2) is 57.7 Å². The van der Waals surface area contributed by atoms with Gasteiger partial charge in [-0.2, -0.15) is 0 Å². The van der Waals surface area contributed by atoms with Crippen LogP contribution in [0.1, 0.15) is 187 Å². The molecule has 0 radical (unpaired) electrons. The first kappa shape index (κ1) is 60.3. The molecule has 3 heterocycles. The van der Waals surface area contributed by atoms with Crippen molar-refractivity contribution >= 4 is 33.3 Å². The topological polar surface area (TPSA) is 231 Å². The summed E-state index contributed by atoms with van der Waals surface area (Å²) in [6.45, 7) is 8.75. The highest BCUT2D eigenvalue weighted by Gasteiger charge is 2.80. The maximum absolute atomic E-state index is 16.4. The summed E-state index contributed by atoms with van der Waals surface area (Å²) >= 11 is 0. The summed E-state index contributed by atoms with van der Waals surface area (Å²) in [7, 11) is 5.94. The Morgan fingerprint density at radius 2 is 1.67 bits per heavy atom. The normalized spacial score (nSPS) is 45.2. The third kappa shape index (κ3) is 8.90. The van der Waals surface area contributed by atoms with E-state index in [2.05, 4.69) is 51.4 Å². The molecule has 14 rings (SSSR count).